The summed E-state index contributed by atoms with van der Waals surface area (Å²) < 4.78 is 1.91. The monoisotopic (exact) mass is 414 g/mol. The molecule has 1 aliphatic carbocycles. The van der Waals surface area contributed by atoms with Crippen LogP contribution < -0.4 is 0 Å². The van der Waals surface area contributed by atoms with E-state index in [0.29, 0.717) is 21.5 Å². The standard InChI is InChI=1S/C19H15ClN4OS2/c20-12-7-5-11(6-8-12)14(25)9-26-19-23-22-17-16-13-3-1-2-4-15(13)27-18(16)21-10-24(17)19/h5-8,10H,1-4,9H2. The third-order valence-electron chi connectivity index (χ3n) is 4.83. The summed E-state index contributed by atoms with van der Waals surface area (Å²) in [6.07, 6.45) is 6.45. The van der Waals surface area contributed by atoms with Crippen molar-refractivity contribution in [1.29, 1.82) is 0 Å². The Hall–Kier alpha value is -1.96. The second kappa shape index (κ2) is 6.89. The van der Waals surface area contributed by atoms with Crippen LogP contribution in [0.5, 0.6) is 0 Å². The number of fused-ring (bicyclic) bond motifs is 5. The van der Waals surface area contributed by atoms with Gasteiger partial charge in [-0.15, -0.1) is 21.5 Å². The summed E-state index contributed by atoms with van der Waals surface area (Å²) in [7, 11) is 0. The third kappa shape index (κ3) is 3.03. The highest BCUT2D eigenvalue weighted by Gasteiger charge is 2.21. The lowest BCUT2D eigenvalue weighted by Gasteiger charge is -2.10. The maximum Gasteiger partial charge on any atom is 0.197 e. The van der Waals surface area contributed by atoms with Gasteiger partial charge in [-0.25, -0.2) is 4.98 Å². The summed E-state index contributed by atoms with van der Waals surface area (Å²) in [5.41, 5.74) is 2.88. The molecule has 3 heterocycles. The van der Waals surface area contributed by atoms with E-state index in [1.807, 2.05) is 4.40 Å². The van der Waals surface area contributed by atoms with Crippen molar-refractivity contribution in [2.24, 2.45) is 0 Å². The van der Waals surface area contributed by atoms with Gasteiger partial charge >= 0.3 is 0 Å². The van der Waals surface area contributed by atoms with Crippen molar-refractivity contribution in [2.75, 3.05) is 5.75 Å². The average Bonchev–Trinajstić information content (AvgIpc) is 3.27. The molecule has 0 amide bonds. The van der Waals surface area contributed by atoms with Gasteiger partial charge in [0.15, 0.2) is 16.6 Å². The first-order chi connectivity index (χ1) is 13.2. The Labute approximate surface area is 168 Å². The third-order valence-corrected chi connectivity index (χ3v) is 7.22. The molecule has 0 saturated heterocycles. The van der Waals surface area contributed by atoms with E-state index in [-0.39, 0.29) is 5.78 Å². The first-order valence-corrected chi connectivity index (χ1v) is 10.9. The number of halogens is 1. The van der Waals surface area contributed by atoms with Gasteiger partial charge < -0.3 is 0 Å². The molecule has 4 aromatic rings. The first kappa shape index (κ1) is 17.2. The van der Waals surface area contributed by atoms with E-state index in [9.17, 15) is 4.79 Å². The summed E-state index contributed by atoms with van der Waals surface area (Å²) in [5, 5.41) is 11.2. The number of hydrogen-bond acceptors (Lipinski definition) is 6. The number of Topliss-reactive ketones (excluding diaryl/α,β-unsaturated/α-hetero) is 1. The van der Waals surface area contributed by atoms with E-state index in [1.165, 1.54) is 35.0 Å². The van der Waals surface area contributed by atoms with E-state index >= 15 is 0 Å². The summed E-state index contributed by atoms with van der Waals surface area (Å²) in [5.74, 6) is 0.331. The SMILES string of the molecule is O=C(CSc1nnc2c3c4c(sc3ncn12)CCCC4)c1ccc(Cl)cc1. The lowest BCUT2D eigenvalue weighted by Crippen LogP contribution is -2.03. The Kier molecular flexibility index (Phi) is 4.38. The number of hydrogen-bond donors (Lipinski definition) is 0. The molecule has 0 radical (unpaired) electrons. The van der Waals surface area contributed by atoms with Crippen LogP contribution in [0.1, 0.15) is 33.6 Å². The molecule has 0 atom stereocenters. The molecule has 8 heteroatoms. The van der Waals surface area contributed by atoms with Crippen molar-refractivity contribution in [2.45, 2.75) is 30.8 Å². The highest BCUT2D eigenvalue weighted by Crippen LogP contribution is 2.37. The summed E-state index contributed by atoms with van der Waals surface area (Å²) in [4.78, 5) is 19.5. The van der Waals surface area contributed by atoms with Gasteiger partial charge in [0.1, 0.15) is 11.2 Å². The predicted molar refractivity (Wildman–Crippen MR) is 109 cm³/mol. The number of thiophene rings is 1. The maximum absolute atomic E-state index is 12.4. The summed E-state index contributed by atoms with van der Waals surface area (Å²) in [6, 6.07) is 6.95. The molecule has 0 saturated carbocycles. The van der Waals surface area contributed by atoms with Gasteiger partial charge in [-0.1, -0.05) is 23.4 Å². The molecule has 1 aromatic carbocycles. The molecule has 0 spiro atoms. The fourth-order valence-corrected chi connectivity index (χ4v) is 5.63. The number of rotatable bonds is 4. The molecule has 3 aromatic heterocycles. The number of nitrogens with zero attached hydrogens (tertiary/aromatic N) is 4. The van der Waals surface area contributed by atoms with Crippen LogP contribution in [0, 0.1) is 0 Å². The van der Waals surface area contributed by atoms with Gasteiger partial charge in [0.05, 0.1) is 11.1 Å². The number of thioether (sulfide) groups is 1. The maximum atomic E-state index is 12.4. The average molecular weight is 415 g/mol. The van der Waals surface area contributed by atoms with E-state index in [2.05, 4.69) is 15.2 Å². The molecule has 0 fully saturated rings. The smallest absolute Gasteiger partial charge is 0.197 e. The van der Waals surface area contributed by atoms with Gasteiger partial charge in [-0.05, 0) is 55.5 Å². The van der Waals surface area contributed by atoms with Gasteiger partial charge in [0.25, 0.3) is 0 Å². The highest BCUT2D eigenvalue weighted by molar-refractivity contribution is 7.99. The number of aryl methyl sites for hydroxylation is 2. The molecular formula is C19H15ClN4OS2. The van der Waals surface area contributed by atoms with Crippen molar-refractivity contribution < 1.29 is 4.79 Å². The normalized spacial score (nSPS) is 14.0. The molecule has 0 bridgehead atoms. The largest absolute Gasteiger partial charge is 0.293 e. The molecule has 136 valence electrons. The van der Waals surface area contributed by atoms with Gasteiger partial charge in [-0.3, -0.25) is 9.20 Å². The van der Waals surface area contributed by atoms with E-state index in [1.54, 1.807) is 41.9 Å². The van der Waals surface area contributed by atoms with Crippen LogP contribution in [0.3, 0.4) is 0 Å². The van der Waals surface area contributed by atoms with Crippen LogP contribution in [0.25, 0.3) is 15.9 Å². The topological polar surface area (TPSA) is 60.2 Å². The second-order valence-corrected chi connectivity index (χ2v) is 8.99. The quantitative estimate of drug-likeness (QED) is 0.353. The zero-order valence-corrected chi connectivity index (χ0v) is 16.7. The number of ketones is 1. The number of carbonyl (C=O) groups excluding carboxylic acids is 1. The fraction of sp³-hybridized carbons (Fsp3) is 0.263. The minimum Gasteiger partial charge on any atom is -0.293 e. The van der Waals surface area contributed by atoms with E-state index < -0.39 is 0 Å². The Bertz CT molecular complexity index is 1170. The van der Waals surface area contributed by atoms with Gasteiger partial charge in [0, 0.05) is 15.5 Å². The second-order valence-electron chi connectivity index (χ2n) is 6.53. The van der Waals surface area contributed by atoms with Crippen molar-refractivity contribution in [1.82, 2.24) is 19.6 Å². The van der Waals surface area contributed by atoms with Crippen molar-refractivity contribution >= 4 is 56.3 Å². The predicted octanol–water partition coefficient (Wildman–Crippen LogP) is 4.85. The lowest BCUT2D eigenvalue weighted by atomic mass is 9.97. The molecule has 0 N–H and O–H groups in total. The van der Waals surface area contributed by atoms with Gasteiger partial charge in [0.2, 0.25) is 0 Å². The number of benzene rings is 1. The van der Waals surface area contributed by atoms with Crippen LogP contribution in [-0.4, -0.2) is 31.1 Å². The van der Waals surface area contributed by atoms with E-state index in [4.69, 9.17) is 11.6 Å². The summed E-state index contributed by atoms with van der Waals surface area (Å²) >= 11 is 9.04. The Morgan fingerprint density at radius 1 is 1.19 bits per heavy atom. The molecule has 5 rings (SSSR count). The highest BCUT2D eigenvalue weighted by atomic mass is 35.5. The molecule has 0 aliphatic heterocycles. The van der Waals surface area contributed by atoms with Crippen LogP contribution in [0.15, 0.2) is 35.7 Å². The van der Waals surface area contributed by atoms with Crippen molar-refractivity contribution in [3.05, 3.63) is 51.6 Å². The van der Waals surface area contributed by atoms with Crippen LogP contribution in [0.2, 0.25) is 5.02 Å². The van der Waals surface area contributed by atoms with Gasteiger partial charge in [-0.2, -0.15) is 0 Å². The first-order valence-electron chi connectivity index (χ1n) is 8.76. The number of carbonyl (C=O) groups is 1. The summed E-state index contributed by atoms with van der Waals surface area (Å²) in [6.45, 7) is 0. The van der Waals surface area contributed by atoms with Crippen molar-refractivity contribution in [3.63, 3.8) is 0 Å². The molecule has 0 unspecified atom stereocenters. The molecule has 5 nitrogen and oxygen atoms in total. The number of aromatic nitrogens is 4. The molecule has 1 aliphatic rings. The van der Waals surface area contributed by atoms with Crippen LogP contribution in [-0.2, 0) is 12.8 Å². The van der Waals surface area contributed by atoms with Crippen LogP contribution >= 0.6 is 34.7 Å². The zero-order valence-electron chi connectivity index (χ0n) is 14.3. The molecular weight excluding hydrogens is 400 g/mol. The fourth-order valence-electron chi connectivity index (χ4n) is 3.48. The lowest BCUT2D eigenvalue weighted by molar-refractivity contribution is 0.102. The Morgan fingerprint density at radius 3 is 2.85 bits per heavy atom. The molecule has 27 heavy (non-hydrogen) atoms. The van der Waals surface area contributed by atoms with Crippen molar-refractivity contribution in [3.8, 4) is 0 Å². The zero-order chi connectivity index (χ0) is 18.4. The Balaban J connectivity index is 1.46. The minimum absolute atomic E-state index is 0.0374. The minimum atomic E-state index is 0.0374. The Morgan fingerprint density at radius 2 is 2.00 bits per heavy atom. The van der Waals surface area contributed by atoms with Crippen LogP contribution in [0.4, 0.5) is 0 Å². The van der Waals surface area contributed by atoms with E-state index in [0.717, 1.165) is 28.7 Å².